The summed E-state index contributed by atoms with van der Waals surface area (Å²) < 4.78 is 24.8. The van der Waals surface area contributed by atoms with E-state index in [1.54, 1.807) is 26.4 Å². The quantitative estimate of drug-likeness (QED) is 0.857. The summed E-state index contributed by atoms with van der Waals surface area (Å²) in [7, 11) is 3.16. The van der Waals surface area contributed by atoms with Crippen molar-refractivity contribution in [1.82, 2.24) is 0 Å². The summed E-state index contributed by atoms with van der Waals surface area (Å²) in [5.41, 5.74) is 5.92. The fourth-order valence-electron chi connectivity index (χ4n) is 2.71. The van der Waals surface area contributed by atoms with Crippen molar-refractivity contribution in [3.05, 3.63) is 34.6 Å². The van der Waals surface area contributed by atoms with Gasteiger partial charge in [-0.15, -0.1) is 0 Å². The van der Waals surface area contributed by atoms with Crippen LogP contribution in [0.5, 0.6) is 0 Å². The Balaban J connectivity index is 2.34. The van der Waals surface area contributed by atoms with E-state index < -0.39 is 17.0 Å². The van der Waals surface area contributed by atoms with E-state index in [2.05, 4.69) is 0 Å². The lowest BCUT2D eigenvalue weighted by Crippen LogP contribution is -2.60. The fraction of sp³-hybridized carbons (Fsp3) is 0.538. The monoisotopic (exact) mass is 273 g/mol. The lowest BCUT2D eigenvalue weighted by molar-refractivity contribution is -0.277. The minimum Gasteiger partial charge on any atom is -0.353 e. The molecule has 0 spiro atoms. The topological polar surface area (TPSA) is 44.5 Å². The first-order valence-corrected chi connectivity index (χ1v) is 6.15. The lowest BCUT2D eigenvalue weighted by Gasteiger charge is -2.54. The zero-order chi connectivity index (χ0) is 13.4. The first-order valence-electron chi connectivity index (χ1n) is 5.77. The van der Waals surface area contributed by atoms with E-state index in [9.17, 15) is 4.39 Å². The molecule has 2 rings (SSSR count). The first kappa shape index (κ1) is 13.7. The third kappa shape index (κ3) is 1.93. The number of hydrogen-bond donors (Lipinski definition) is 1. The van der Waals surface area contributed by atoms with E-state index in [1.807, 2.05) is 0 Å². The zero-order valence-electron chi connectivity index (χ0n) is 10.5. The zero-order valence-corrected chi connectivity index (χ0v) is 11.3. The second-order valence-electron chi connectivity index (χ2n) is 4.76. The summed E-state index contributed by atoms with van der Waals surface area (Å²) in [4.78, 5) is 0. The molecule has 1 aromatic rings. The molecule has 0 unspecified atom stereocenters. The number of benzene rings is 1. The van der Waals surface area contributed by atoms with Crippen LogP contribution in [0.25, 0.3) is 0 Å². The molecule has 18 heavy (non-hydrogen) atoms. The van der Waals surface area contributed by atoms with E-state index in [1.165, 1.54) is 6.07 Å². The van der Waals surface area contributed by atoms with Crippen LogP contribution in [-0.4, -0.2) is 26.6 Å². The van der Waals surface area contributed by atoms with Crippen LogP contribution in [-0.2, 0) is 14.9 Å². The molecule has 0 radical (unpaired) electrons. The summed E-state index contributed by atoms with van der Waals surface area (Å²) in [5.74, 6) is -1.06. The molecule has 5 heteroatoms. The lowest BCUT2D eigenvalue weighted by atomic mass is 9.60. The molecule has 0 aliphatic heterocycles. The molecule has 0 amide bonds. The smallest absolute Gasteiger partial charge is 0.169 e. The van der Waals surface area contributed by atoms with Crippen molar-refractivity contribution in [3.63, 3.8) is 0 Å². The third-order valence-electron chi connectivity index (χ3n) is 3.87. The highest BCUT2D eigenvalue weighted by atomic mass is 35.5. The number of hydrogen-bond acceptors (Lipinski definition) is 3. The summed E-state index contributed by atoms with van der Waals surface area (Å²) in [6, 6.07) is 4.99. The highest BCUT2D eigenvalue weighted by molar-refractivity contribution is 6.30. The van der Waals surface area contributed by atoms with Gasteiger partial charge in [0, 0.05) is 39.0 Å². The predicted octanol–water partition coefficient (Wildman–Crippen LogP) is 2.46. The highest BCUT2D eigenvalue weighted by Gasteiger charge is 2.57. The van der Waals surface area contributed by atoms with Gasteiger partial charge in [0.1, 0.15) is 5.82 Å². The molecule has 0 bridgehead atoms. The van der Waals surface area contributed by atoms with Crippen molar-refractivity contribution < 1.29 is 13.9 Å². The van der Waals surface area contributed by atoms with Crippen molar-refractivity contribution in [3.8, 4) is 0 Å². The second kappa shape index (κ2) is 4.78. The van der Waals surface area contributed by atoms with Crippen molar-refractivity contribution in [2.45, 2.75) is 24.0 Å². The maximum absolute atomic E-state index is 14.1. The van der Waals surface area contributed by atoms with E-state index in [4.69, 9.17) is 26.8 Å². The minimum atomic E-state index is -0.659. The van der Waals surface area contributed by atoms with Crippen molar-refractivity contribution in [2.24, 2.45) is 5.73 Å². The van der Waals surface area contributed by atoms with Gasteiger partial charge in [-0.2, -0.15) is 0 Å². The van der Waals surface area contributed by atoms with Crippen LogP contribution >= 0.6 is 11.6 Å². The molecule has 1 aliphatic carbocycles. The van der Waals surface area contributed by atoms with Crippen LogP contribution in [0.3, 0.4) is 0 Å². The molecule has 0 saturated heterocycles. The predicted molar refractivity (Wildman–Crippen MR) is 68.1 cm³/mol. The molecule has 0 heterocycles. The van der Waals surface area contributed by atoms with Gasteiger partial charge in [-0.3, -0.25) is 0 Å². The van der Waals surface area contributed by atoms with Crippen molar-refractivity contribution in [1.29, 1.82) is 0 Å². The van der Waals surface area contributed by atoms with E-state index in [0.29, 0.717) is 24.9 Å². The average Bonchev–Trinajstić information content (AvgIpc) is 2.35. The molecule has 1 fully saturated rings. The van der Waals surface area contributed by atoms with Crippen molar-refractivity contribution >= 4 is 11.6 Å². The van der Waals surface area contributed by atoms with E-state index in [-0.39, 0.29) is 5.02 Å². The van der Waals surface area contributed by atoms with Gasteiger partial charge in [0.25, 0.3) is 0 Å². The Labute approximate surface area is 111 Å². The Kier molecular flexibility index (Phi) is 3.65. The normalized spacial score (nSPS) is 20.5. The number of methoxy groups -OCH3 is 2. The van der Waals surface area contributed by atoms with E-state index >= 15 is 0 Å². The van der Waals surface area contributed by atoms with Crippen LogP contribution < -0.4 is 5.73 Å². The Morgan fingerprint density at radius 2 is 1.94 bits per heavy atom. The largest absolute Gasteiger partial charge is 0.353 e. The number of rotatable bonds is 4. The van der Waals surface area contributed by atoms with Crippen molar-refractivity contribution in [2.75, 3.05) is 20.8 Å². The van der Waals surface area contributed by atoms with Gasteiger partial charge >= 0.3 is 0 Å². The summed E-state index contributed by atoms with van der Waals surface area (Å²) in [5, 5.41) is 0.118. The second-order valence-corrected chi connectivity index (χ2v) is 5.17. The van der Waals surface area contributed by atoms with Crippen LogP contribution in [0, 0.1) is 5.82 Å². The fourth-order valence-corrected chi connectivity index (χ4v) is 2.88. The highest BCUT2D eigenvalue weighted by Crippen LogP contribution is 2.52. The molecular weight excluding hydrogens is 257 g/mol. The van der Waals surface area contributed by atoms with Crippen LogP contribution in [0.1, 0.15) is 18.4 Å². The Morgan fingerprint density at radius 3 is 2.44 bits per heavy atom. The van der Waals surface area contributed by atoms with Crippen LogP contribution in [0.2, 0.25) is 5.02 Å². The number of nitrogens with two attached hydrogens (primary N) is 1. The molecule has 0 aromatic heterocycles. The maximum atomic E-state index is 14.1. The SMILES string of the molecule is COC1(OC)CC(CN)(c2cccc(Cl)c2F)C1. The van der Waals surface area contributed by atoms with Gasteiger partial charge in [-0.25, -0.2) is 4.39 Å². The molecule has 1 aliphatic rings. The van der Waals surface area contributed by atoms with Crippen LogP contribution in [0.15, 0.2) is 18.2 Å². The maximum Gasteiger partial charge on any atom is 0.169 e. The van der Waals surface area contributed by atoms with Gasteiger partial charge in [0.2, 0.25) is 0 Å². The number of ether oxygens (including phenoxy) is 2. The molecular formula is C13H17ClFNO2. The summed E-state index contributed by atoms with van der Waals surface area (Å²) >= 11 is 5.82. The Bertz CT molecular complexity index is 441. The molecule has 3 nitrogen and oxygen atoms in total. The minimum absolute atomic E-state index is 0.118. The standard InChI is InChI=1S/C13H17ClFNO2/c1-17-13(18-2)6-12(7-13,8-16)9-4-3-5-10(14)11(9)15/h3-5H,6-8,16H2,1-2H3. The molecule has 1 aromatic carbocycles. The summed E-state index contributed by atoms with van der Waals surface area (Å²) in [6.45, 7) is 0.332. The Morgan fingerprint density at radius 1 is 1.33 bits per heavy atom. The first-order chi connectivity index (χ1) is 8.52. The van der Waals surface area contributed by atoms with Gasteiger partial charge < -0.3 is 15.2 Å². The van der Waals surface area contributed by atoms with Crippen LogP contribution in [0.4, 0.5) is 4.39 Å². The van der Waals surface area contributed by atoms with Gasteiger partial charge in [0.15, 0.2) is 5.79 Å². The molecule has 100 valence electrons. The van der Waals surface area contributed by atoms with Gasteiger partial charge in [-0.05, 0) is 11.6 Å². The van der Waals surface area contributed by atoms with Gasteiger partial charge in [-0.1, -0.05) is 23.7 Å². The molecule has 2 N–H and O–H groups in total. The average molecular weight is 274 g/mol. The third-order valence-corrected chi connectivity index (χ3v) is 4.17. The molecule has 0 atom stereocenters. The van der Waals surface area contributed by atoms with E-state index in [0.717, 1.165) is 0 Å². The summed E-state index contributed by atoms with van der Waals surface area (Å²) in [6.07, 6.45) is 1.06. The Hall–Kier alpha value is -0.680. The van der Waals surface area contributed by atoms with Gasteiger partial charge in [0.05, 0.1) is 5.02 Å². The molecule has 1 saturated carbocycles. The number of halogens is 2.